The molecule has 0 unspecified atom stereocenters. The fourth-order valence-corrected chi connectivity index (χ4v) is 4.18. The number of anilines is 2. The SMILES string of the molecule is COc1cc(OC)cc(N2C(=O)N(C)c3ccccc3S2(=O)=O)c1. The molecule has 126 valence electrons. The summed E-state index contributed by atoms with van der Waals surface area (Å²) in [5, 5.41) is 0. The van der Waals surface area contributed by atoms with E-state index in [9.17, 15) is 13.2 Å². The van der Waals surface area contributed by atoms with Gasteiger partial charge in [-0.15, -0.1) is 0 Å². The van der Waals surface area contributed by atoms with Gasteiger partial charge < -0.3 is 9.47 Å². The van der Waals surface area contributed by atoms with Crippen LogP contribution in [0.15, 0.2) is 47.4 Å². The van der Waals surface area contributed by atoms with Crippen LogP contribution in [-0.4, -0.2) is 35.7 Å². The average Bonchev–Trinajstić information content (AvgIpc) is 2.59. The van der Waals surface area contributed by atoms with Gasteiger partial charge in [-0.05, 0) is 12.1 Å². The molecular formula is C16H16N2O5S. The van der Waals surface area contributed by atoms with Gasteiger partial charge >= 0.3 is 6.03 Å². The van der Waals surface area contributed by atoms with E-state index in [1.807, 2.05) is 0 Å². The summed E-state index contributed by atoms with van der Waals surface area (Å²) >= 11 is 0. The third-order valence-corrected chi connectivity index (χ3v) is 5.53. The Morgan fingerprint density at radius 2 is 1.54 bits per heavy atom. The molecule has 1 heterocycles. The maximum Gasteiger partial charge on any atom is 0.342 e. The second-order valence-corrected chi connectivity index (χ2v) is 6.90. The largest absolute Gasteiger partial charge is 0.497 e. The Morgan fingerprint density at radius 1 is 0.958 bits per heavy atom. The number of rotatable bonds is 3. The van der Waals surface area contributed by atoms with Crippen molar-refractivity contribution in [3.63, 3.8) is 0 Å². The molecule has 0 aromatic heterocycles. The molecule has 3 rings (SSSR count). The van der Waals surface area contributed by atoms with Crippen LogP contribution in [0.5, 0.6) is 11.5 Å². The molecule has 7 nitrogen and oxygen atoms in total. The van der Waals surface area contributed by atoms with Crippen molar-refractivity contribution in [2.75, 3.05) is 30.5 Å². The molecular weight excluding hydrogens is 332 g/mol. The van der Waals surface area contributed by atoms with E-state index in [4.69, 9.17) is 9.47 Å². The van der Waals surface area contributed by atoms with Crippen molar-refractivity contribution in [3.05, 3.63) is 42.5 Å². The normalized spacial score (nSPS) is 15.9. The van der Waals surface area contributed by atoms with E-state index >= 15 is 0 Å². The van der Waals surface area contributed by atoms with Gasteiger partial charge in [-0.2, -0.15) is 4.31 Å². The molecule has 0 spiro atoms. The zero-order chi connectivity index (χ0) is 17.5. The molecule has 1 aliphatic heterocycles. The number of methoxy groups -OCH3 is 2. The fourth-order valence-electron chi connectivity index (χ4n) is 2.55. The molecule has 0 atom stereocenters. The van der Waals surface area contributed by atoms with Crippen LogP contribution in [-0.2, 0) is 10.0 Å². The number of carbonyl (C=O) groups excluding carboxylic acids is 1. The van der Waals surface area contributed by atoms with E-state index in [-0.39, 0.29) is 10.6 Å². The maximum absolute atomic E-state index is 13.0. The molecule has 0 fully saturated rings. The number of amides is 2. The van der Waals surface area contributed by atoms with Gasteiger partial charge in [0.2, 0.25) is 0 Å². The minimum absolute atomic E-state index is 0.0638. The molecule has 0 saturated heterocycles. The topological polar surface area (TPSA) is 76.2 Å². The lowest BCUT2D eigenvalue weighted by Crippen LogP contribution is -2.49. The Bertz CT molecular complexity index is 888. The number of fused-ring (bicyclic) bond motifs is 1. The number of hydrogen-bond donors (Lipinski definition) is 0. The highest BCUT2D eigenvalue weighted by atomic mass is 32.2. The lowest BCUT2D eigenvalue weighted by atomic mass is 10.2. The number of benzene rings is 2. The third kappa shape index (κ3) is 2.35. The van der Waals surface area contributed by atoms with Crippen LogP contribution in [0.3, 0.4) is 0 Å². The van der Waals surface area contributed by atoms with E-state index < -0.39 is 16.1 Å². The van der Waals surface area contributed by atoms with Gasteiger partial charge in [0.05, 0.1) is 25.6 Å². The summed E-state index contributed by atoms with van der Waals surface area (Å²) < 4.78 is 37.0. The van der Waals surface area contributed by atoms with Crippen LogP contribution in [0.25, 0.3) is 0 Å². The highest BCUT2D eigenvalue weighted by Gasteiger charge is 2.41. The Kier molecular flexibility index (Phi) is 3.84. The Labute approximate surface area is 140 Å². The molecule has 0 radical (unpaired) electrons. The molecule has 1 aliphatic rings. The second kappa shape index (κ2) is 5.72. The van der Waals surface area contributed by atoms with Crippen LogP contribution in [0, 0.1) is 0 Å². The van der Waals surface area contributed by atoms with Crippen molar-refractivity contribution in [3.8, 4) is 11.5 Å². The van der Waals surface area contributed by atoms with E-state index in [0.29, 0.717) is 17.2 Å². The summed E-state index contributed by atoms with van der Waals surface area (Å²) in [5.74, 6) is 0.766. The van der Waals surface area contributed by atoms with E-state index in [1.165, 1.54) is 44.4 Å². The Hall–Kier alpha value is -2.74. The smallest absolute Gasteiger partial charge is 0.342 e. The van der Waals surface area contributed by atoms with Gasteiger partial charge in [0.15, 0.2) is 0 Å². The maximum atomic E-state index is 13.0. The highest BCUT2D eigenvalue weighted by molar-refractivity contribution is 7.94. The summed E-state index contributed by atoms with van der Waals surface area (Å²) in [6.45, 7) is 0. The lowest BCUT2D eigenvalue weighted by molar-refractivity contribution is 0.255. The second-order valence-electron chi connectivity index (χ2n) is 5.15. The van der Waals surface area contributed by atoms with Crippen molar-refractivity contribution in [1.29, 1.82) is 0 Å². The van der Waals surface area contributed by atoms with Crippen LogP contribution in [0.1, 0.15) is 0 Å². The third-order valence-electron chi connectivity index (χ3n) is 3.78. The molecule has 0 aliphatic carbocycles. The number of urea groups is 1. The van der Waals surface area contributed by atoms with Gasteiger partial charge in [-0.1, -0.05) is 12.1 Å². The van der Waals surface area contributed by atoms with Crippen molar-refractivity contribution in [2.45, 2.75) is 4.90 Å². The van der Waals surface area contributed by atoms with Crippen LogP contribution < -0.4 is 18.7 Å². The van der Waals surface area contributed by atoms with E-state index in [1.54, 1.807) is 24.3 Å². The molecule has 24 heavy (non-hydrogen) atoms. The van der Waals surface area contributed by atoms with Gasteiger partial charge in [-0.3, -0.25) is 4.90 Å². The number of sulfonamides is 1. The summed E-state index contributed by atoms with van der Waals surface area (Å²) in [7, 11) is 0.393. The van der Waals surface area contributed by atoms with Crippen molar-refractivity contribution in [2.24, 2.45) is 0 Å². The van der Waals surface area contributed by atoms with Crippen molar-refractivity contribution < 1.29 is 22.7 Å². The number of hydrogen-bond acceptors (Lipinski definition) is 5. The summed E-state index contributed by atoms with van der Waals surface area (Å²) in [4.78, 5) is 14.1. The fraction of sp³-hybridized carbons (Fsp3) is 0.188. The molecule has 2 aromatic rings. The molecule has 0 bridgehead atoms. The van der Waals surface area contributed by atoms with E-state index in [2.05, 4.69) is 0 Å². The standard InChI is InChI=1S/C16H16N2O5S/c1-17-14-6-4-5-7-15(14)24(20,21)18(16(17)19)11-8-12(22-2)10-13(9-11)23-3/h4-10H,1-3H3. The van der Waals surface area contributed by atoms with Crippen LogP contribution >= 0.6 is 0 Å². The first-order valence-corrected chi connectivity index (χ1v) is 8.49. The van der Waals surface area contributed by atoms with E-state index in [0.717, 1.165) is 4.31 Å². The highest BCUT2D eigenvalue weighted by Crippen LogP contribution is 2.38. The molecule has 0 saturated carbocycles. The van der Waals surface area contributed by atoms with Gasteiger partial charge in [-0.25, -0.2) is 13.2 Å². The molecule has 2 amide bonds. The zero-order valence-corrected chi connectivity index (χ0v) is 14.2. The zero-order valence-electron chi connectivity index (χ0n) is 13.4. The quantitative estimate of drug-likeness (QED) is 0.852. The van der Waals surface area contributed by atoms with Gasteiger partial charge in [0.25, 0.3) is 10.0 Å². The predicted octanol–water partition coefficient (Wildman–Crippen LogP) is 2.47. The Balaban J connectivity index is 2.24. The van der Waals surface area contributed by atoms with Crippen molar-refractivity contribution in [1.82, 2.24) is 0 Å². The monoisotopic (exact) mass is 348 g/mol. The number of carbonyl (C=O) groups is 1. The molecule has 8 heteroatoms. The number of para-hydroxylation sites is 1. The lowest BCUT2D eigenvalue weighted by Gasteiger charge is -2.34. The summed E-state index contributed by atoms with van der Waals surface area (Å²) in [6, 6.07) is 10.2. The van der Waals surface area contributed by atoms with Crippen LogP contribution in [0.4, 0.5) is 16.2 Å². The van der Waals surface area contributed by atoms with Gasteiger partial charge in [0, 0.05) is 25.2 Å². The minimum Gasteiger partial charge on any atom is -0.497 e. The van der Waals surface area contributed by atoms with Crippen molar-refractivity contribution >= 4 is 27.4 Å². The number of nitrogens with zero attached hydrogens (tertiary/aromatic N) is 2. The molecule has 2 aromatic carbocycles. The van der Waals surface area contributed by atoms with Gasteiger partial charge in [0.1, 0.15) is 16.4 Å². The predicted molar refractivity (Wildman–Crippen MR) is 89.5 cm³/mol. The Morgan fingerprint density at radius 3 is 2.12 bits per heavy atom. The first kappa shape index (κ1) is 16.1. The summed E-state index contributed by atoms with van der Waals surface area (Å²) in [5.41, 5.74) is 0.492. The molecule has 0 N–H and O–H groups in total. The first-order valence-electron chi connectivity index (χ1n) is 7.05. The number of ether oxygens (including phenoxy) is 2. The summed E-state index contributed by atoms with van der Waals surface area (Å²) in [6.07, 6.45) is 0. The average molecular weight is 348 g/mol. The minimum atomic E-state index is -4.04. The van der Waals surface area contributed by atoms with Crippen LogP contribution in [0.2, 0.25) is 0 Å². The first-order chi connectivity index (χ1) is 11.4.